The molecule has 7 rings (SSSR count). The number of hydrogen-bond acceptors (Lipinski definition) is 7. The number of amides is 2. The lowest BCUT2D eigenvalue weighted by Crippen LogP contribution is -2.33. The lowest BCUT2D eigenvalue weighted by molar-refractivity contribution is 0.0952. The van der Waals surface area contributed by atoms with Crippen LogP contribution in [0.15, 0.2) is 66.9 Å². The van der Waals surface area contributed by atoms with Crippen molar-refractivity contribution in [3.63, 3.8) is 0 Å². The van der Waals surface area contributed by atoms with Gasteiger partial charge in [0.2, 0.25) is 0 Å². The van der Waals surface area contributed by atoms with Gasteiger partial charge in [0.15, 0.2) is 0 Å². The van der Waals surface area contributed by atoms with Crippen molar-refractivity contribution >= 4 is 34.7 Å². The molecule has 1 aliphatic carbocycles. The number of fused-ring (bicyclic) bond motifs is 3. The monoisotopic (exact) mass is 565 g/mol. The van der Waals surface area contributed by atoms with E-state index in [0.717, 1.165) is 82.6 Å². The van der Waals surface area contributed by atoms with Crippen LogP contribution in [0.5, 0.6) is 0 Å². The number of para-hydroxylation sites is 1. The summed E-state index contributed by atoms with van der Waals surface area (Å²) < 4.78 is 5.65. The Kier molecular flexibility index (Phi) is 6.98. The summed E-state index contributed by atoms with van der Waals surface area (Å²) in [7, 11) is 0. The number of rotatable bonds is 5. The Balaban J connectivity index is 1.20. The molecule has 1 saturated heterocycles. The molecule has 5 heterocycles. The van der Waals surface area contributed by atoms with Gasteiger partial charge in [-0.1, -0.05) is 24.3 Å². The van der Waals surface area contributed by atoms with Crippen molar-refractivity contribution in [1.29, 1.82) is 0 Å². The van der Waals surface area contributed by atoms with Gasteiger partial charge < -0.3 is 19.9 Å². The SMILES string of the molecule is O=C(NC1CC1)c1cc2c(s1)-c1ccccc1N(C(=O)c1cccc(-c3cccnc3N3CCCOCC3)n1)CC2. The number of hydrogen-bond donors (Lipinski definition) is 1. The highest BCUT2D eigenvalue weighted by Gasteiger charge is 2.30. The third kappa shape index (κ3) is 5.23. The topological polar surface area (TPSA) is 87.7 Å². The van der Waals surface area contributed by atoms with Gasteiger partial charge in [-0.05, 0) is 67.6 Å². The molecule has 0 unspecified atom stereocenters. The van der Waals surface area contributed by atoms with Gasteiger partial charge >= 0.3 is 0 Å². The Morgan fingerprint density at radius 1 is 0.951 bits per heavy atom. The standard InChI is InChI=1S/C32H31N5O3S/c38-31(34-22-11-12-22)28-20-21-13-16-37(27-10-2-1-6-24(27)29(21)41-28)32(39)26-9-3-8-25(35-26)23-7-4-14-33-30(23)36-15-5-18-40-19-17-36/h1-4,6-10,14,20,22H,5,11-13,15-19H2,(H,34,38). The highest BCUT2D eigenvalue weighted by atomic mass is 32.1. The second-order valence-electron chi connectivity index (χ2n) is 10.7. The molecule has 4 aromatic rings. The highest BCUT2D eigenvalue weighted by Crippen LogP contribution is 2.42. The fraction of sp³-hybridized carbons (Fsp3) is 0.312. The first-order valence-corrected chi connectivity index (χ1v) is 15.1. The molecular formula is C32H31N5O3S. The van der Waals surface area contributed by atoms with Crippen LogP contribution in [0.2, 0.25) is 0 Å². The van der Waals surface area contributed by atoms with E-state index in [0.29, 0.717) is 31.3 Å². The van der Waals surface area contributed by atoms with E-state index in [1.165, 1.54) is 11.3 Å². The number of carbonyl (C=O) groups excluding carboxylic acids is 2. The van der Waals surface area contributed by atoms with E-state index in [9.17, 15) is 9.59 Å². The van der Waals surface area contributed by atoms with Gasteiger partial charge in [0.25, 0.3) is 11.8 Å². The molecule has 0 atom stereocenters. The molecule has 2 amide bonds. The summed E-state index contributed by atoms with van der Waals surface area (Å²) in [5.74, 6) is 0.718. The fourth-order valence-corrected chi connectivity index (χ4v) is 6.70. The maximum atomic E-state index is 14.1. The van der Waals surface area contributed by atoms with Crippen LogP contribution in [-0.4, -0.2) is 60.7 Å². The van der Waals surface area contributed by atoms with Gasteiger partial charge in [0.05, 0.1) is 22.9 Å². The van der Waals surface area contributed by atoms with E-state index >= 15 is 0 Å². The molecule has 1 aromatic carbocycles. The summed E-state index contributed by atoms with van der Waals surface area (Å²) in [4.78, 5) is 42.2. The number of benzene rings is 1. The fourth-order valence-electron chi connectivity index (χ4n) is 5.55. The Morgan fingerprint density at radius 3 is 2.73 bits per heavy atom. The van der Waals surface area contributed by atoms with Crippen LogP contribution in [0.3, 0.4) is 0 Å². The normalized spacial score (nSPS) is 16.8. The molecule has 3 aromatic heterocycles. The molecule has 8 nitrogen and oxygen atoms in total. The third-order valence-corrected chi connectivity index (χ3v) is 9.00. The van der Waals surface area contributed by atoms with E-state index in [4.69, 9.17) is 14.7 Å². The van der Waals surface area contributed by atoms with Crippen molar-refractivity contribution in [2.24, 2.45) is 0 Å². The molecule has 41 heavy (non-hydrogen) atoms. The van der Waals surface area contributed by atoms with E-state index in [1.54, 1.807) is 12.3 Å². The van der Waals surface area contributed by atoms with Crippen molar-refractivity contribution in [3.8, 4) is 21.7 Å². The average Bonchev–Trinajstić information content (AvgIpc) is 3.81. The molecule has 208 valence electrons. The van der Waals surface area contributed by atoms with Gasteiger partial charge in [-0.15, -0.1) is 11.3 Å². The zero-order valence-corrected chi connectivity index (χ0v) is 23.5. The van der Waals surface area contributed by atoms with E-state index in [-0.39, 0.29) is 11.8 Å². The van der Waals surface area contributed by atoms with Crippen LogP contribution >= 0.6 is 11.3 Å². The van der Waals surface area contributed by atoms with Crippen molar-refractivity contribution < 1.29 is 14.3 Å². The van der Waals surface area contributed by atoms with E-state index < -0.39 is 0 Å². The van der Waals surface area contributed by atoms with Gasteiger partial charge in [0.1, 0.15) is 11.5 Å². The Hall–Kier alpha value is -4.08. The van der Waals surface area contributed by atoms with E-state index in [2.05, 4.69) is 10.2 Å². The maximum absolute atomic E-state index is 14.1. The number of nitrogens with one attached hydrogen (secondary N) is 1. The summed E-state index contributed by atoms with van der Waals surface area (Å²) in [6.45, 7) is 3.54. The minimum absolute atomic E-state index is 0.000486. The zero-order valence-electron chi connectivity index (χ0n) is 22.7. The number of thiophene rings is 1. The van der Waals surface area contributed by atoms with Crippen LogP contribution in [0.25, 0.3) is 21.7 Å². The number of pyridine rings is 2. The van der Waals surface area contributed by atoms with Crippen molar-refractivity contribution in [3.05, 3.63) is 83.0 Å². The smallest absolute Gasteiger partial charge is 0.276 e. The average molecular weight is 566 g/mol. The Morgan fingerprint density at radius 2 is 1.83 bits per heavy atom. The first kappa shape index (κ1) is 25.9. The highest BCUT2D eigenvalue weighted by molar-refractivity contribution is 7.17. The van der Waals surface area contributed by atoms with Crippen molar-refractivity contribution in [1.82, 2.24) is 15.3 Å². The molecule has 1 N–H and O–H groups in total. The van der Waals surface area contributed by atoms with E-state index in [1.807, 2.05) is 59.5 Å². The second kappa shape index (κ2) is 11.1. The first-order chi connectivity index (χ1) is 20.2. The van der Waals surface area contributed by atoms with Gasteiger partial charge in [-0.25, -0.2) is 9.97 Å². The first-order valence-electron chi connectivity index (χ1n) is 14.3. The van der Waals surface area contributed by atoms with Gasteiger partial charge in [-0.2, -0.15) is 0 Å². The molecule has 2 fully saturated rings. The van der Waals surface area contributed by atoms with Gasteiger partial charge in [0, 0.05) is 54.5 Å². The second-order valence-corrected chi connectivity index (χ2v) is 11.7. The molecule has 2 aliphatic heterocycles. The lowest BCUT2D eigenvalue weighted by Gasteiger charge is -2.24. The van der Waals surface area contributed by atoms with Crippen LogP contribution < -0.4 is 15.1 Å². The molecular weight excluding hydrogens is 534 g/mol. The number of carbonyl (C=O) groups is 2. The van der Waals surface area contributed by atoms with Crippen molar-refractivity contribution in [2.75, 3.05) is 42.6 Å². The number of aromatic nitrogens is 2. The minimum atomic E-state index is -0.144. The largest absolute Gasteiger partial charge is 0.380 e. The number of anilines is 2. The Bertz CT molecular complexity index is 1610. The quantitative estimate of drug-likeness (QED) is 0.358. The molecule has 0 radical (unpaired) electrons. The number of ether oxygens (including phenoxy) is 1. The van der Waals surface area contributed by atoms with Crippen molar-refractivity contribution in [2.45, 2.75) is 31.7 Å². The predicted octanol–water partition coefficient (Wildman–Crippen LogP) is 5.19. The summed E-state index contributed by atoms with van der Waals surface area (Å²) in [6.07, 6.45) is 5.51. The summed E-state index contributed by atoms with van der Waals surface area (Å²) in [6, 6.07) is 19.8. The maximum Gasteiger partial charge on any atom is 0.276 e. The Labute approximate surface area is 243 Å². The summed E-state index contributed by atoms with van der Waals surface area (Å²) in [5, 5.41) is 3.10. The summed E-state index contributed by atoms with van der Waals surface area (Å²) >= 11 is 1.51. The molecule has 0 spiro atoms. The van der Waals surface area contributed by atoms with Crippen LogP contribution in [0.4, 0.5) is 11.5 Å². The van der Waals surface area contributed by atoms with Crippen LogP contribution in [0, 0.1) is 0 Å². The van der Waals surface area contributed by atoms with Gasteiger partial charge in [-0.3, -0.25) is 9.59 Å². The minimum Gasteiger partial charge on any atom is -0.380 e. The van der Waals surface area contributed by atoms with Crippen LogP contribution in [-0.2, 0) is 11.2 Å². The predicted molar refractivity (Wildman–Crippen MR) is 161 cm³/mol. The summed E-state index contributed by atoms with van der Waals surface area (Å²) in [5.41, 5.74) is 4.92. The number of nitrogens with zero attached hydrogens (tertiary/aromatic N) is 4. The molecule has 1 saturated carbocycles. The molecule has 9 heteroatoms. The molecule has 0 bridgehead atoms. The lowest BCUT2D eigenvalue weighted by atomic mass is 10.1. The third-order valence-electron chi connectivity index (χ3n) is 7.79. The molecule has 3 aliphatic rings. The zero-order chi connectivity index (χ0) is 27.8. The van der Waals surface area contributed by atoms with Crippen LogP contribution in [0.1, 0.15) is 45.0 Å².